The Bertz CT molecular complexity index is 570. The van der Waals surface area contributed by atoms with Gasteiger partial charge in [0.2, 0.25) is 5.91 Å². The number of halogens is 2. The molecule has 0 aliphatic rings. The van der Waals surface area contributed by atoms with Crippen molar-refractivity contribution in [3.63, 3.8) is 0 Å². The summed E-state index contributed by atoms with van der Waals surface area (Å²) in [5.41, 5.74) is 0.685. The molecule has 0 unspecified atom stereocenters. The Morgan fingerprint density at radius 2 is 2.08 bits per heavy atom. The minimum Gasteiger partial charge on any atom is -0.383 e. The first-order chi connectivity index (χ1) is 12.1. The summed E-state index contributed by atoms with van der Waals surface area (Å²) in [4.78, 5) is 15.9. The van der Waals surface area contributed by atoms with Gasteiger partial charge in [0.15, 0.2) is 5.96 Å². The van der Waals surface area contributed by atoms with Crippen molar-refractivity contribution >= 4 is 27.8 Å². The number of methoxy groups -OCH3 is 1. The smallest absolute Gasteiger partial charge is 0.241 e. The first-order valence-electron chi connectivity index (χ1n) is 8.28. The first-order valence-corrected chi connectivity index (χ1v) is 9.07. The fraction of sp³-hybridized carbons (Fsp3) is 0.529. The molecular formula is C17H26BrFN4O2. The molecular weight excluding hydrogens is 391 g/mol. The van der Waals surface area contributed by atoms with Crippen LogP contribution in [0.4, 0.5) is 4.39 Å². The molecule has 140 valence electrons. The quantitative estimate of drug-likeness (QED) is 0.309. The van der Waals surface area contributed by atoms with Gasteiger partial charge in [-0.15, -0.1) is 0 Å². The maximum absolute atomic E-state index is 13.8. The lowest BCUT2D eigenvalue weighted by molar-refractivity contribution is -0.119. The molecule has 8 heteroatoms. The van der Waals surface area contributed by atoms with Crippen molar-refractivity contribution in [1.82, 2.24) is 16.0 Å². The Balaban J connectivity index is 2.36. The number of ether oxygens (including phenoxy) is 1. The molecule has 1 aromatic rings. The van der Waals surface area contributed by atoms with Crippen molar-refractivity contribution in [2.24, 2.45) is 4.99 Å². The number of benzene rings is 1. The molecule has 3 N–H and O–H groups in total. The number of nitrogens with zero attached hydrogens (tertiary/aromatic N) is 1. The molecule has 1 aromatic carbocycles. The van der Waals surface area contributed by atoms with E-state index in [1.807, 2.05) is 13.0 Å². The van der Waals surface area contributed by atoms with E-state index in [2.05, 4.69) is 36.9 Å². The summed E-state index contributed by atoms with van der Waals surface area (Å²) < 4.78 is 19.4. The molecule has 25 heavy (non-hydrogen) atoms. The predicted molar refractivity (Wildman–Crippen MR) is 101 cm³/mol. The molecule has 0 heterocycles. The zero-order valence-electron chi connectivity index (χ0n) is 14.7. The third-order valence-electron chi connectivity index (χ3n) is 3.28. The topological polar surface area (TPSA) is 74.8 Å². The van der Waals surface area contributed by atoms with Crippen LogP contribution in [-0.4, -0.2) is 51.8 Å². The van der Waals surface area contributed by atoms with Crippen LogP contribution in [0.25, 0.3) is 0 Å². The fourth-order valence-corrected chi connectivity index (χ4v) is 2.38. The number of aliphatic imine (C=N–C) groups is 1. The summed E-state index contributed by atoms with van der Waals surface area (Å²) in [7, 11) is 1.58. The Morgan fingerprint density at radius 3 is 2.76 bits per heavy atom. The van der Waals surface area contributed by atoms with Crippen molar-refractivity contribution in [3.05, 3.63) is 34.1 Å². The molecule has 0 atom stereocenters. The zero-order valence-corrected chi connectivity index (χ0v) is 16.3. The molecule has 0 saturated carbocycles. The van der Waals surface area contributed by atoms with Gasteiger partial charge in [-0.05, 0) is 37.5 Å². The van der Waals surface area contributed by atoms with E-state index in [1.165, 1.54) is 6.07 Å². The minimum absolute atomic E-state index is 0.0421. The SMILES string of the molecule is CCNC(=NCC(=O)NCCOC)NCCCc1ccc(Br)cc1F. The highest BCUT2D eigenvalue weighted by Crippen LogP contribution is 2.16. The lowest BCUT2D eigenvalue weighted by Gasteiger charge is -2.11. The lowest BCUT2D eigenvalue weighted by atomic mass is 10.1. The van der Waals surface area contributed by atoms with Gasteiger partial charge in [-0.25, -0.2) is 9.38 Å². The maximum Gasteiger partial charge on any atom is 0.241 e. The van der Waals surface area contributed by atoms with Crippen LogP contribution in [0.2, 0.25) is 0 Å². The summed E-state index contributed by atoms with van der Waals surface area (Å²) >= 11 is 3.25. The third kappa shape index (κ3) is 9.40. The van der Waals surface area contributed by atoms with Crippen molar-refractivity contribution in [2.45, 2.75) is 19.8 Å². The molecule has 0 aliphatic heterocycles. The van der Waals surface area contributed by atoms with Crippen LogP contribution in [0.5, 0.6) is 0 Å². The monoisotopic (exact) mass is 416 g/mol. The van der Waals surface area contributed by atoms with Gasteiger partial charge in [0, 0.05) is 31.2 Å². The number of nitrogens with one attached hydrogen (secondary N) is 3. The van der Waals surface area contributed by atoms with E-state index in [1.54, 1.807) is 13.2 Å². The van der Waals surface area contributed by atoms with Gasteiger partial charge in [-0.1, -0.05) is 22.0 Å². The summed E-state index contributed by atoms with van der Waals surface area (Å²) in [6.45, 7) is 4.26. The maximum atomic E-state index is 13.8. The molecule has 1 amide bonds. The normalized spacial score (nSPS) is 11.3. The molecule has 0 aromatic heterocycles. The molecule has 0 saturated heterocycles. The number of hydrogen-bond acceptors (Lipinski definition) is 3. The van der Waals surface area contributed by atoms with Gasteiger partial charge in [-0.3, -0.25) is 4.79 Å². The highest BCUT2D eigenvalue weighted by molar-refractivity contribution is 9.10. The number of rotatable bonds is 10. The van der Waals surface area contributed by atoms with Gasteiger partial charge in [0.05, 0.1) is 6.61 Å². The molecule has 0 radical (unpaired) electrons. The molecule has 0 bridgehead atoms. The largest absolute Gasteiger partial charge is 0.383 e. The second kappa shape index (κ2) is 12.7. The average molecular weight is 417 g/mol. The van der Waals surface area contributed by atoms with Gasteiger partial charge in [0.25, 0.3) is 0 Å². The van der Waals surface area contributed by atoms with E-state index in [0.717, 1.165) is 10.9 Å². The Morgan fingerprint density at radius 1 is 1.28 bits per heavy atom. The average Bonchev–Trinajstić information content (AvgIpc) is 2.58. The van der Waals surface area contributed by atoms with Crippen LogP contribution in [0, 0.1) is 5.82 Å². The number of amides is 1. The highest BCUT2D eigenvalue weighted by Gasteiger charge is 2.04. The van der Waals surface area contributed by atoms with Crippen LogP contribution < -0.4 is 16.0 Å². The second-order valence-electron chi connectivity index (χ2n) is 5.30. The standard InChI is InChI=1S/C17H26BrFN4O2/c1-3-20-17(23-12-16(24)21-9-10-25-2)22-8-4-5-13-6-7-14(18)11-15(13)19/h6-7,11H,3-5,8-10,12H2,1-2H3,(H,21,24)(H2,20,22,23). The number of aryl methyl sites for hydroxylation is 1. The summed E-state index contributed by atoms with van der Waals surface area (Å²) in [6, 6.07) is 5.08. The van der Waals surface area contributed by atoms with Crippen LogP contribution in [0.3, 0.4) is 0 Å². The summed E-state index contributed by atoms with van der Waals surface area (Å²) in [5.74, 6) is 0.203. The fourth-order valence-electron chi connectivity index (χ4n) is 2.05. The van der Waals surface area contributed by atoms with Crippen LogP contribution in [0.1, 0.15) is 18.9 Å². The van der Waals surface area contributed by atoms with Gasteiger partial charge in [0.1, 0.15) is 12.4 Å². The van der Waals surface area contributed by atoms with E-state index < -0.39 is 0 Å². The van der Waals surface area contributed by atoms with Crippen molar-refractivity contribution in [3.8, 4) is 0 Å². The highest BCUT2D eigenvalue weighted by atomic mass is 79.9. The number of hydrogen-bond donors (Lipinski definition) is 3. The van der Waals surface area contributed by atoms with E-state index in [0.29, 0.717) is 44.2 Å². The molecule has 0 fully saturated rings. The van der Waals surface area contributed by atoms with E-state index in [9.17, 15) is 9.18 Å². The van der Waals surface area contributed by atoms with E-state index in [4.69, 9.17) is 4.74 Å². The molecule has 0 aliphatic carbocycles. The van der Waals surface area contributed by atoms with Gasteiger partial charge >= 0.3 is 0 Å². The number of carbonyl (C=O) groups excluding carboxylic acids is 1. The summed E-state index contributed by atoms with van der Waals surface area (Å²) in [6.07, 6.45) is 1.38. The van der Waals surface area contributed by atoms with E-state index in [-0.39, 0.29) is 18.3 Å². The lowest BCUT2D eigenvalue weighted by Crippen LogP contribution is -2.39. The van der Waals surface area contributed by atoms with Crippen LogP contribution in [-0.2, 0) is 16.0 Å². The predicted octanol–water partition coefficient (Wildman–Crippen LogP) is 1.84. The minimum atomic E-state index is -0.206. The van der Waals surface area contributed by atoms with Gasteiger partial charge < -0.3 is 20.7 Å². The number of guanidine groups is 1. The molecule has 6 nitrogen and oxygen atoms in total. The first kappa shape index (κ1) is 21.4. The third-order valence-corrected chi connectivity index (χ3v) is 3.78. The Hall–Kier alpha value is -1.67. The van der Waals surface area contributed by atoms with Crippen molar-refractivity contribution in [2.75, 3.05) is 39.9 Å². The number of carbonyl (C=O) groups is 1. The van der Waals surface area contributed by atoms with Crippen molar-refractivity contribution < 1.29 is 13.9 Å². The van der Waals surface area contributed by atoms with Crippen LogP contribution >= 0.6 is 15.9 Å². The van der Waals surface area contributed by atoms with Crippen LogP contribution in [0.15, 0.2) is 27.7 Å². The Kier molecular flexibility index (Phi) is 10.8. The van der Waals surface area contributed by atoms with Crippen molar-refractivity contribution in [1.29, 1.82) is 0 Å². The zero-order chi connectivity index (χ0) is 18.5. The second-order valence-corrected chi connectivity index (χ2v) is 6.22. The molecule has 1 rings (SSSR count). The molecule has 0 spiro atoms. The summed E-state index contributed by atoms with van der Waals surface area (Å²) in [5, 5.41) is 8.93. The van der Waals surface area contributed by atoms with Gasteiger partial charge in [-0.2, -0.15) is 0 Å². The van der Waals surface area contributed by atoms with E-state index >= 15 is 0 Å². The Labute approximate surface area is 156 Å².